The predicted octanol–water partition coefficient (Wildman–Crippen LogP) is 0.649. The second kappa shape index (κ2) is 4.55. The van der Waals surface area contributed by atoms with E-state index in [1.807, 2.05) is 6.92 Å². The number of methoxy groups -OCH3 is 1. The number of carbonyl (C=O) groups is 2. The minimum Gasteiger partial charge on any atom is -0.463 e. The molecule has 0 spiro atoms. The predicted molar refractivity (Wildman–Crippen MR) is 48.9 cm³/mol. The molecule has 0 atom stereocenters. The van der Waals surface area contributed by atoms with Gasteiger partial charge in [0.1, 0.15) is 0 Å². The lowest BCUT2D eigenvalue weighted by atomic mass is 10.2. The first-order valence-corrected chi connectivity index (χ1v) is 4.34. The van der Waals surface area contributed by atoms with Gasteiger partial charge in [-0.05, 0) is 6.42 Å². The smallest absolute Gasteiger partial charge is 0.379 e. The van der Waals surface area contributed by atoms with Crippen molar-refractivity contribution >= 4 is 11.8 Å². The molecule has 0 N–H and O–H groups in total. The van der Waals surface area contributed by atoms with E-state index in [2.05, 4.69) is 9.84 Å². The molecular weight excluding hydrogens is 184 g/mol. The van der Waals surface area contributed by atoms with Crippen molar-refractivity contribution in [3.05, 3.63) is 18.0 Å². The summed E-state index contributed by atoms with van der Waals surface area (Å²) in [6, 6.07) is 0. The number of hydrogen-bond acceptors (Lipinski definition) is 4. The highest BCUT2D eigenvalue weighted by Crippen LogP contribution is 2.01. The molecule has 1 aromatic heterocycles. The van der Waals surface area contributed by atoms with Gasteiger partial charge in [-0.15, -0.1) is 0 Å². The Kier molecular flexibility index (Phi) is 3.39. The van der Waals surface area contributed by atoms with Crippen molar-refractivity contribution < 1.29 is 14.3 Å². The molecule has 0 bridgehead atoms. The molecule has 0 saturated heterocycles. The van der Waals surface area contributed by atoms with E-state index >= 15 is 0 Å². The Morgan fingerprint density at radius 1 is 1.57 bits per heavy atom. The Balaban J connectivity index is 2.76. The summed E-state index contributed by atoms with van der Waals surface area (Å²) in [6.07, 6.45) is 3.84. The Bertz CT molecular complexity index is 344. The first-order valence-electron chi connectivity index (χ1n) is 4.34. The number of ether oxygens (including phenoxy) is 1. The lowest BCUT2D eigenvalue weighted by molar-refractivity contribution is -0.135. The zero-order chi connectivity index (χ0) is 10.6. The van der Waals surface area contributed by atoms with Gasteiger partial charge in [0.2, 0.25) is 0 Å². The highest BCUT2D eigenvalue weighted by atomic mass is 16.5. The number of hydrogen-bond donors (Lipinski definition) is 0. The molecule has 14 heavy (non-hydrogen) atoms. The third-order valence-corrected chi connectivity index (χ3v) is 1.72. The van der Waals surface area contributed by atoms with Crippen molar-refractivity contribution in [3.8, 4) is 0 Å². The van der Waals surface area contributed by atoms with Gasteiger partial charge < -0.3 is 4.74 Å². The SMILES string of the molecule is CCCn1cc(C(=O)C(=O)OC)cn1. The number of aromatic nitrogens is 2. The maximum absolute atomic E-state index is 11.3. The fraction of sp³-hybridized carbons (Fsp3) is 0.444. The Hall–Kier alpha value is -1.65. The summed E-state index contributed by atoms with van der Waals surface area (Å²) in [7, 11) is 1.18. The van der Waals surface area contributed by atoms with E-state index in [-0.39, 0.29) is 5.56 Å². The van der Waals surface area contributed by atoms with E-state index in [0.29, 0.717) is 0 Å². The second-order valence-corrected chi connectivity index (χ2v) is 2.81. The van der Waals surface area contributed by atoms with Crippen LogP contribution < -0.4 is 0 Å². The van der Waals surface area contributed by atoms with Gasteiger partial charge in [-0.2, -0.15) is 5.10 Å². The van der Waals surface area contributed by atoms with E-state index in [0.717, 1.165) is 13.0 Å². The summed E-state index contributed by atoms with van der Waals surface area (Å²) < 4.78 is 5.93. The molecule has 1 heterocycles. The summed E-state index contributed by atoms with van der Waals surface area (Å²) in [5.41, 5.74) is 0.269. The molecule has 5 heteroatoms. The zero-order valence-corrected chi connectivity index (χ0v) is 8.19. The number of carbonyl (C=O) groups excluding carboxylic acids is 2. The average Bonchev–Trinajstić information content (AvgIpc) is 2.64. The molecule has 1 aromatic rings. The van der Waals surface area contributed by atoms with Gasteiger partial charge in [-0.3, -0.25) is 9.48 Å². The van der Waals surface area contributed by atoms with E-state index in [1.165, 1.54) is 13.3 Å². The van der Waals surface area contributed by atoms with Crippen LogP contribution in [0.5, 0.6) is 0 Å². The first-order chi connectivity index (χ1) is 6.69. The molecule has 0 aliphatic carbocycles. The van der Waals surface area contributed by atoms with Gasteiger partial charge in [0, 0.05) is 12.7 Å². The highest BCUT2D eigenvalue weighted by molar-refractivity contribution is 6.40. The fourth-order valence-corrected chi connectivity index (χ4v) is 1.04. The van der Waals surface area contributed by atoms with Crippen LogP contribution in [0.15, 0.2) is 12.4 Å². The topological polar surface area (TPSA) is 61.2 Å². The number of esters is 1. The van der Waals surface area contributed by atoms with Crippen molar-refractivity contribution in [3.63, 3.8) is 0 Å². The van der Waals surface area contributed by atoms with Crippen LogP contribution in [0.4, 0.5) is 0 Å². The average molecular weight is 196 g/mol. The normalized spacial score (nSPS) is 9.86. The Labute approximate surface area is 81.7 Å². The highest BCUT2D eigenvalue weighted by Gasteiger charge is 2.17. The maximum atomic E-state index is 11.3. The summed E-state index contributed by atoms with van der Waals surface area (Å²) in [5, 5.41) is 3.93. The van der Waals surface area contributed by atoms with Gasteiger partial charge >= 0.3 is 5.97 Å². The quantitative estimate of drug-likeness (QED) is 0.403. The molecular formula is C9H12N2O3. The minimum absolute atomic E-state index is 0.269. The molecule has 0 saturated carbocycles. The Morgan fingerprint density at radius 2 is 2.29 bits per heavy atom. The van der Waals surface area contributed by atoms with Crippen LogP contribution in [0.3, 0.4) is 0 Å². The molecule has 0 fully saturated rings. The van der Waals surface area contributed by atoms with Crippen LogP contribution in [0, 0.1) is 0 Å². The third-order valence-electron chi connectivity index (χ3n) is 1.72. The number of Topliss-reactive ketones (excluding diaryl/α,β-unsaturated/α-hetero) is 1. The van der Waals surface area contributed by atoms with Crippen LogP contribution in [-0.4, -0.2) is 28.6 Å². The molecule has 0 aliphatic rings. The van der Waals surface area contributed by atoms with E-state index in [9.17, 15) is 9.59 Å². The summed E-state index contributed by atoms with van der Waals surface area (Å²) in [5.74, 6) is -1.52. The Morgan fingerprint density at radius 3 is 2.86 bits per heavy atom. The minimum atomic E-state index is -0.860. The van der Waals surface area contributed by atoms with Crippen molar-refractivity contribution in [1.29, 1.82) is 0 Å². The monoisotopic (exact) mass is 196 g/mol. The van der Waals surface area contributed by atoms with Gasteiger partial charge in [-0.1, -0.05) is 6.92 Å². The van der Waals surface area contributed by atoms with Gasteiger partial charge in [0.05, 0.1) is 18.9 Å². The van der Waals surface area contributed by atoms with Crippen LogP contribution in [0.25, 0.3) is 0 Å². The van der Waals surface area contributed by atoms with Gasteiger partial charge in [0.25, 0.3) is 5.78 Å². The molecule has 1 rings (SSSR count). The van der Waals surface area contributed by atoms with Crippen LogP contribution in [0.1, 0.15) is 23.7 Å². The van der Waals surface area contributed by atoms with Crippen molar-refractivity contribution in [2.75, 3.05) is 7.11 Å². The largest absolute Gasteiger partial charge is 0.463 e. The van der Waals surface area contributed by atoms with Gasteiger partial charge in [-0.25, -0.2) is 4.79 Å². The third kappa shape index (κ3) is 2.18. The molecule has 5 nitrogen and oxygen atoms in total. The standard InChI is InChI=1S/C9H12N2O3/c1-3-4-11-6-7(5-10-11)8(12)9(13)14-2/h5-6H,3-4H2,1-2H3. The summed E-state index contributed by atoms with van der Waals surface area (Å²) in [4.78, 5) is 22.1. The first kappa shape index (κ1) is 10.4. The molecule has 76 valence electrons. The van der Waals surface area contributed by atoms with E-state index < -0.39 is 11.8 Å². The van der Waals surface area contributed by atoms with Crippen molar-refractivity contribution in [1.82, 2.24) is 9.78 Å². The number of ketones is 1. The second-order valence-electron chi connectivity index (χ2n) is 2.81. The van der Waals surface area contributed by atoms with Crippen LogP contribution in [-0.2, 0) is 16.1 Å². The molecule has 0 radical (unpaired) electrons. The zero-order valence-electron chi connectivity index (χ0n) is 8.19. The van der Waals surface area contributed by atoms with Crippen molar-refractivity contribution in [2.24, 2.45) is 0 Å². The number of aryl methyl sites for hydroxylation is 1. The van der Waals surface area contributed by atoms with E-state index in [4.69, 9.17) is 0 Å². The molecule has 0 aliphatic heterocycles. The van der Waals surface area contributed by atoms with Crippen LogP contribution in [0.2, 0.25) is 0 Å². The summed E-state index contributed by atoms with van der Waals surface area (Å²) >= 11 is 0. The van der Waals surface area contributed by atoms with Crippen molar-refractivity contribution in [2.45, 2.75) is 19.9 Å². The number of nitrogens with zero attached hydrogens (tertiary/aromatic N) is 2. The van der Waals surface area contributed by atoms with E-state index in [1.54, 1.807) is 10.9 Å². The lowest BCUT2D eigenvalue weighted by Gasteiger charge is -1.95. The molecule has 0 amide bonds. The van der Waals surface area contributed by atoms with Gasteiger partial charge in [0.15, 0.2) is 0 Å². The number of rotatable bonds is 4. The fourth-order valence-electron chi connectivity index (χ4n) is 1.04. The maximum Gasteiger partial charge on any atom is 0.379 e. The van der Waals surface area contributed by atoms with Crippen LogP contribution >= 0.6 is 0 Å². The molecule has 0 unspecified atom stereocenters. The molecule has 0 aromatic carbocycles. The summed E-state index contributed by atoms with van der Waals surface area (Å²) in [6.45, 7) is 2.73. The lowest BCUT2D eigenvalue weighted by Crippen LogP contribution is -2.14.